The molecule has 0 radical (unpaired) electrons. The van der Waals surface area contributed by atoms with Gasteiger partial charge in [-0.3, -0.25) is 0 Å². The molecule has 3 aromatic rings. The van der Waals surface area contributed by atoms with Crippen molar-refractivity contribution in [1.82, 2.24) is 19.9 Å². The second kappa shape index (κ2) is 5.73. The van der Waals surface area contributed by atoms with E-state index in [4.69, 9.17) is 14.7 Å². The van der Waals surface area contributed by atoms with Gasteiger partial charge in [0, 0.05) is 23.7 Å². The molecule has 4 heterocycles. The first-order valence-corrected chi connectivity index (χ1v) is 9.06. The van der Waals surface area contributed by atoms with E-state index in [0.29, 0.717) is 29.3 Å². The second-order valence-electron chi connectivity index (χ2n) is 7.52. The zero-order valence-electron chi connectivity index (χ0n) is 15.1. The van der Waals surface area contributed by atoms with E-state index in [-0.39, 0.29) is 17.1 Å². The second-order valence-corrected chi connectivity index (χ2v) is 7.52. The Balaban J connectivity index is 1.78. The van der Waals surface area contributed by atoms with Gasteiger partial charge in [0.15, 0.2) is 5.65 Å². The maximum absolute atomic E-state index is 14.6. The Bertz CT molecular complexity index is 1070. The Labute approximate surface area is 154 Å². The molecule has 138 valence electrons. The van der Waals surface area contributed by atoms with Crippen LogP contribution < -0.4 is 0 Å². The van der Waals surface area contributed by atoms with E-state index in [0.717, 1.165) is 36.7 Å². The number of ether oxygens (including phenoxy) is 1. The van der Waals surface area contributed by atoms with E-state index in [9.17, 15) is 8.78 Å². The van der Waals surface area contributed by atoms with Crippen LogP contribution in [0.25, 0.3) is 22.4 Å². The summed E-state index contributed by atoms with van der Waals surface area (Å²) in [4.78, 5) is 18.6. The molecule has 2 aromatic heterocycles. The van der Waals surface area contributed by atoms with Crippen molar-refractivity contribution in [3.8, 4) is 11.3 Å². The van der Waals surface area contributed by atoms with E-state index in [1.54, 1.807) is 0 Å². The molecule has 27 heavy (non-hydrogen) atoms. The standard InChI is InChI=1S/C20H18F2N4O/c1-10-11(2)24-18-17(23-10)16(14-4-3-12(21)7-15(14)22)25-19(26-18)20-5-6-27-13(8-20)9-20/h3-4,7,13H,5-6,8-9H2,1-2H3. The molecular formula is C20H18F2N4O. The zero-order chi connectivity index (χ0) is 18.8. The van der Waals surface area contributed by atoms with Crippen molar-refractivity contribution in [3.05, 3.63) is 47.0 Å². The smallest absolute Gasteiger partial charge is 0.182 e. The molecule has 3 fully saturated rings. The summed E-state index contributed by atoms with van der Waals surface area (Å²) in [7, 11) is 0. The molecule has 5 nitrogen and oxygen atoms in total. The summed E-state index contributed by atoms with van der Waals surface area (Å²) >= 11 is 0. The van der Waals surface area contributed by atoms with Crippen LogP contribution >= 0.6 is 0 Å². The number of aromatic nitrogens is 4. The molecule has 2 bridgehead atoms. The number of hydrogen-bond donors (Lipinski definition) is 0. The highest BCUT2D eigenvalue weighted by molar-refractivity contribution is 5.87. The molecule has 0 unspecified atom stereocenters. The summed E-state index contributed by atoms with van der Waals surface area (Å²) in [6, 6.07) is 3.49. The van der Waals surface area contributed by atoms with Gasteiger partial charge in [0.2, 0.25) is 0 Å². The van der Waals surface area contributed by atoms with Gasteiger partial charge in [-0.1, -0.05) is 0 Å². The van der Waals surface area contributed by atoms with Gasteiger partial charge < -0.3 is 4.74 Å². The molecule has 1 aromatic carbocycles. The molecule has 1 aliphatic carbocycles. The molecule has 0 atom stereocenters. The third-order valence-electron chi connectivity index (χ3n) is 5.77. The Morgan fingerprint density at radius 3 is 2.52 bits per heavy atom. The van der Waals surface area contributed by atoms with Crippen LogP contribution in [0, 0.1) is 25.5 Å². The van der Waals surface area contributed by atoms with E-state index >= 15 is 0 Å². The molecule has 0 N–H and O–H groups in total. The van der Waals surface area contributed by atoms with E-state index < -0.39 is 11.6 Å². The minimum Gasteiger partial charge on any atom is -0.378 e. The van der Waals surface area contributed by atoms with Gasteiger partial charge in [-0.15, -0.1) is 0 Å². The lowest BCUT2D eigenvalue weighted by molar-refractivity contribution is -0.111. The Morgan fingerprint density at radius 2 is 1.81 bits per heavy atom. The predicted octanol–water partition coefficient (Wildman–Crippen LogP) is 3.80. The number of halogens is 2. The highest BCUT2D eigenvalue weighted by Gasteiger charge is 2.51. The summed E-state index contributed by atoms with van der Waals surface area (Å²) < 4.78 is 33.6. The largest absolute Gasteiger partial charge is 0.378 e. The fraction of sp³-hybridized carbons (Fsp3) is 0.400. The lowest BCUT2D eigenvalue weighted by atomic mass is 9.62. The minimum absolute atomic E-state index is 0.150. The lowest BCUT2D eigenvalue weighted by Gasteiger charge is -2.50. The van der Waals surface area contributed by atoms with Crippen molar-refractivity contribution >= 4 is 11.2 Å². The van der Waals surface area contributed by atoms with Gasteiger partial charge in [-0.25, -0.2) is 28.7 Å². The van der Waals surface area contributed by atoms with Crippen LogP contribution in [0.4, 0.5) is 8.78 Å². The molecule has 2 saturated heterocycles. The molecule has 3 aliphatic rings. The van der Waals surface area contributed by atoms with Crippen molar-refractivity contribution in [2.75, 3.05) is 6.61 Å². The summed E-state index contributed by atoms with van der Waals surface area (Å²) in [6.07, 6.45) is 2.80. The fourth-order valence-corrected chi connectivity index (χ4v) is 4.07. The fourth-order valence-electron chi connectivity index (χ4n) is 4.07. The summed E-state index contributed by atoms with van der Waals surface area (Å²) in [5.74, 6) is -0.638. The van der Waals surface area contributed by atoms with Gasteiger partial charge in [-0.2, -0.15) is 0 Å². The molecule has 0 amide bonds. The number of rotatable bonds is 2. The normalized spacial score (nSPS) is 24.1. The average molecular weight is 368 g/mol. The SMILES string of the molecule is Cc1nc2nc(C34CCOC(C3)C4)nc(-c3ccc(F)cc3F)c2nc1C. The minimum atomic E-state index is -0.669. The highest BCUT2D eigenvalue weighted by Crippen LogP contribution is 2.50. The van der Waals surface area contributed by atoms with Crippen molar-refractivity contribution in [2.45, 2.75) is 44.6 Å². The summed E-state index contributed by atoms with van der Waals surface area (Å²) in [6.45, 7) is 4.38. The zero-order valence-corrected chi connectivity index (χ0v) is 15.1. The molecule has 7 heteroatoms. The van der Waals surface area contributed by atoms with Crippen molar-refractivity contribution in [3.63, 3.8) is 0 Å². The van der Waals surface area contributed by atoms with Crippen molar-refractivity contribution in [2.24, 2.45) is 0 Å². The van der Waals surface area contributed by atoms with Crippen LogP contribution in [-0.4, -0.2) is 32.6 Å². The van der Waals surface area contributed by atoms with Gasteiger partial charge in [0.1, 0.15) is 28.7 Å². The number of nitrogens with zero attached hydrogens (tertiary/aromatic N) is 4. The number of aryl methyl sites for hydroxylation is 2. The number of fused-ring (bicyclic) bond motifs is 3. The molecule has 0 spiro atoms. The van der Waals surface area contributed by atoms with Crippen molar-refractivity contribution in [1.29, 1.82) is 0 Å². The van der Waals surface area contributed by atoms with Crippen LogP contribution in [-0.2, 0) is 10.2 Å². The Kier molecular flexibility index (Phi) is 3.53. The van der Waals surface area contributed by atoms with Crippen LogP contribution in [0.1, 0.15) is 36.5 Å². The van der Waals surface area contributed by atoms with Gasteiger partial charge >= 0.3 is 0 Å². The van der Waals surface area contributed by atoms with Crippen molar-refractivity contribution < 1.29 is 13.5 Å². The van der Waals surface area contributed by atoms with E-state index in [2.05, 4.69) is 9.97 Å². The maximum Gasteiger partial charge on any atom is 0.182 e. The summed E-state index contributed by atoms with van der Waals surface area (Å²) in [5, 5.41) is 0. The monoisotopic (exact) mass is 368 g/mol. The van der Waals surface area contributed by atoms with Crippen LogP contribution in [0.5, 0.6) is 0 Å². The first-order chi connectivity index (χ1) is 12.9. The number of hydrogen-bond acceptors (Lipinski definition) is 5. The molecule has 1 saturated carbocycles. The first kappa shape index (κ1) is 16.6. The quantitative estimate of drug-likeness (QED) is 0.688. The Hall–Kier alpha value is -2.54. The third kappa shape index (κ3) is 2.52. The van der Waals surface area contributed by atoms with E-state index in [1.165, 1.54) is 12.1 Å². The molecule has 2 aliphatic heterocycles. The van der Waals surface area contributed by atoms with Crippen LogP contribution in [0.2, 0.25) is 0 Å². The third-order valence-corrected chi connectivity index (χ3v) is 5.77. The predicted molar refractivity (Wildman–Crippen MR) is 95.2 cm³/mol. The Morgan fingerprint density at radius 1 is 1.04 bits per heavy atom. The van der Waals surface area contributed by atoms with Crippen LogP contribution in [0.3, 0.4) is 0 Å². The molecular weight excluding hydrogens is 350 g/mol. The van der Waals surface area contributed by atoms with Gasteiger partial charge in [-0.05, 0) is 45.2 Å². The van der Waals surface area contributed by atoms with E-state index in [1.807, 2.05) is 13.8 Å². The summed E-state index contributed by atoms with van der Waals surface area (Å²) in [5.41, 5.74) is 2.82. The topological polar surface area (TPSA) is 60.8 Å². The molecule has 6 rings (SSSR count). The first-order valence-electron chi connectivity index (χ1n) is 9.06. The van der Waals surface area contributed by atoms with Crippen LogP contribution in [0.15, 0.2) is 18.2 Å². The maximum atomic E-state index is 14.6. The lowest BCUT2D eigenvalue weighted by Crippen LogP contribution is -2.52. The highest BCUT2D eigenvalue weighted by atomic mass is 19.1. The average Bonchev–Trinajstić information content (AvgIpc) is 2.62. The van der Waals surface area contributed by atoms with Gasteiger partial charge in [0.25, 0.3) is 0 Å². The van der Waals surface area contributed by atoms with Gasteiger partial charge in [0.05, 0.1) is 17.5 Å². The number of benzene rings is 1.